The number of para-hydroxylation sites is 1. The van der Waals surface area contributed by atoms with Crippen molar-refractivity contribution < 1.29 is 13.3 Å². The van der Waals surface area contributed by atoms with Crippen molar-refractivity contribution in [1.82, 2.24) is 0 Å². The van der Waals surface area contributed by atoms with Gasteiger partial charge in [-0.2, -0.15) is 0 Å². The van der Waals surface area contributed by atoms with Crippen LogP contribution in [-0.4, -0.2) is 19.8 Å². The fourth-order valence-electron chi connectivity index (χ4n) is 3.13. The third-order valence-electron chi connectivity index (χ3n) is 4.11. The van der Waals surface area contributed by atoms with Gasteiger partial charge in [0.1, 0.15) is 17.4 Å². The lowest BCUT2D eigenvalue weighted by Gasteiger charge is -2.27. The molecule has 1 saturated heterocycles. The molecule has 0 N–H and O–H groups in total. The quantitative estimate of drug-likeness (QED) is 0.855. The Hall–Kier alpha value is -2.11. The summed E-state index contributed by atoms with van der Waals surface area (Å²) in [6.45, 7) is 0. The van der Waals surface area contributed by atoms with Crippen LogP contribution in [-0.2, 0) is 14.7 Å². The van der Waals surface area contributed by atoms with Gasteiger partial charge in [-0.15, -0.1) is 0 Å². The van der Waals surface area contributed by atoms with Crippen LogP contribution in [0.25, 0.3) is 0 Å². The molecule has 0 bridgehead atoms. The Morgan fingerprint density at radius 1 is 0.909 bits per heavy atom. The van der Waals surface area contributed by atoms with Gasteiger partial charge in [-0.1, -0.05) is 48.5 Å². The number of hydroxylamine groups is 1. The van der Waals surface area contributed by atoms with Crippen LogP contribution in [0.1, 0.15) is 11.6 Å². The van der Waals surface area contributed by atoms with Crippen LogP contribution in [0.4, 0.5) is 5.69 Å². The lowest BCUT2D eigenvalue weighted by molar-refractivity contribution is 0.115. The lowest BCUT2D eigenvalue weighted by Crippen LogP contribution is -2.31. The summed E-state index contributed by atoms with van der Waals surface area (Å²) in [4.78, 5) is 5.94. The summed E-state index contributed by atoms with van der Waals surface area (Å²) in [6.07, 6.45) is 1.20. The lowest BCUT2D eigenvalue weighted by atomic mass is 10.0. The van der Waals surface area contributed by atoms with E-state index in [0.29, 0.717) is 0 Å². The molecule has 4 rings (SSSR count). The number of hydrogen-bond donors (Lipinski definition) is 0. The monoisotopic (exact) mass is 313 g/mol. The molecule has 2 aliphatic rings. The molecule has 3 unspecified atom stereocenters. The summed E-state index contributed by atoms with van der Waals surface area (Å²) >= 11 is 0. The Balaban J connectivity index is 1.84. The van der Waals surface area contributed by atoms with Crippen LogP contribution < -0.4 is 5.06 Å². The minimum absolute atomic E-state index is 0.353. The van der Waals surface area contributed by atoms with Gasteiger partial charge in [-0.05, 0) is 23.8 Å². The second-order valence-corrected chi connectivity index (χ2v) is 7.46. The summed E-state index contributed by atoms with van der Waals surface area (Å²) in [5.41, 5.74) is 1.79. The Morgan fingerprint density at radius 2 is 1.55 bits per heavy atom. The van der Waals surface area contributed by atoms with E-state index in [0.717, 1.165) is 11.3 Å². The van der Waals surface area contributed by atoms with Gasteiger partial charge in [0.25, 0.3) is 0 Å². The third-order valence-corrected chi connectivity index (χ3v) is 5.93. The fraction of sp³-hybridized carbons (Fsp3) is 0.176. The first kappa shape index (κ1) is 13.5. The van der Waals surface area contributed by atoms with E-state index in [1.165, 1.54) is 5.41 Å². The molecule has 0 radical (unpaired) electrons. The van der Waals surface area contributed by atoms with Crippen molar-refractivity contribution in [3.05, 3.63) is 77.7 Å². The minimum Gasteiger partial charge on any atom is -0.264 e. The second kappa shape index (κ2) is 4.97. The minimum atomic E-state index is -3.31. The normalized spacial score (nSPS) is 28.7. The van der Waals surface area contributed by atoms with Crippen molar-refractivity contribution in [2.45, 2.75) is 17.4 Å². The maximum Gasteiger partial charge on any atom is 0.179 e. The Kier molecular flexibility index (Phi) is 3.06. The highest BCUT2D eigenvalue weighted by atomic mass is 32.2. The summed E-state index contributed by atoms with van der Waals surface area (Å²) in [6, 6.07) is 18.9. The third kappa shape index (κ3) is 2.05. The molecule has 2 heterocycles. The Labute approximate surface area is 129 Å². The average molecular weight is 313 g/mol. The smallest absolute Gasteiger partial charge is 0.179 e. The predicted molar refractivity (Wildman–Crippen MR) is 84.8 cm³/mol. The van der Waals surface area contributed by atoms with Crippen molar-refractivity contribution in [1.29, 1.82) is 0 Å². The zero-order chi connectivity index (χ0) is 15.2. The van der Waals surface area contributed by atoms with Crippen molar-refractivity contribution in [2.24, 2.45) is 0 Å². The van der Waals surface area contributed by atoms with E-state index in [-0.39, 0.29) is 6.04 Å². The molecule has 0 amide bonds. The average Bonchev–Trinajstić information content (AvgIpc) is 3.07. The van der Waals surface area contributed by atoms with Crippen molar-refractivity contribution in [3.8, 4) is 0 Å². The van der Waals surface area contributed by atoms with Crippen LogP contribution in [0.15, 0.2) is 72.1 Å². The SMILES string of the molecule is O=S1(=O)C=CC2ON(c3ccccc3)C(c3ccccc3)C21. The zero-order valence-electron chi connectivity index (χ0n) is 11.7. The molecule has 4 nitrogen and oxygen atoms in total. The largest absolute Gasteiger partial charge is 0.264 e. The maximum atomic E-state index is 12.4. The van der Waals surface area contributed by atoms with E-state index < -0.39 is 21.2 Å². The molecule has 22 heavy (non-hydrogen) atoms. The van der Waals surface area contributed by atoms with Crippen molar-refractivity contribution in [3.63, 3.8) is 0 Å². The number of benzene rings is 2. The number of anilines is 1. The first-order chi connectivity index (χ1) is 10.7. The van der Waals surface area contributed by atoms with Gasteiger partial charge >= 0.3 is 0 Å². The molecule has 0 spiro atoms. The molecule has 0 aromatic heterocycles. The highest BCUT2D eigenvalue weighted by molar-refractivity contribution is 7.95. The molecule has 2 aromatic carbocycles. The van der Waals surface area contributed by atoms with Gasteiger partial charge in [0.15, 0.2) is 9.84 Å². The van der Waals surface area contributed by atoms with Gasteiger partial charge in [-0.3, -0.25) is 4.84 Å². The molecular formula is C17H15NO3S. The number of fused-ring (bicyclic) bond motifs is 1. The molecule has 0 saturated carbocycles. The predicted octanol–water partition coefficient (Wildman–Crippen LogP) is 2.86. The van der Waals surface area contributed by atoms with E-state index in [9.17, 15) is 8.42 Å². The summed E-state index contributed by atoms with van der Waals surface area (Å²) < 4.78 is 24.8. The van der Waals surface area contributed by atoms with E-state index in [1.54, 1.807) is 11.1 Å². The van der Waals surface area contributed by atoms with E-state index >= 15 is 0 Å². The van der Waals surface area contributed by atoms with Gasteiger partial charge in [0.2, 0.25) is 0 Å². The van der Waals surface area contributed by atoms with Crippen LogP contribution in [0.3, 0.4) is 0 Å². The standard InChI is InChI=1S/C17H15NO3S/c19-22(20)12-11-15-17(22)16(13-7-3-1-4-8-13)18(21-15)14-9-5-2-6-10-14/h1-12,15-17H. The molecular weight excluding hydrogens is 298 g/mol. The number of hydrogen-bond acceptors (Lipinski definition) is 4. The van der Waals surface area contributed by atoms with Gasteiger partial charge < -0.3 is 0 Å². The maximum absolute atomic E-state index is 12.4. The van der Waals surface area contributed by atoms with E-state index in [2.05, 4.69) is 0 Å². The molecule has 3 atom stereocenters. The Bertz CT molecular complexity index is 802. The van der Waals surface area contributed by atoms with Crippen molar-refractivity contribution in [2.75, 3.05) is 5.06 Å². The van der Waals surface area contributed by atoms with Crippen LogP contribution in [0.2, 0.25) is 0 Å². The molecule has 5 heteroatoms. The van der Waals surface area contributed by atoms with Gasteiger partial charge in [-0.25, -0.2) is 13.5 Å². The van der Waals surface area contributed by atoms with Gasteiger partial charge in [0, 0.05) is 5.41 Å². The first-order valence-electron chi connectivity index (χ1n) is 7.15. The van der Waals surface area contributed by atoms with E-state index in [1.807, 2.05) is 60.7 Å². The Morgan fingerprint density at radius 3 is 2.23 bits per heavy atom. The molecule has 2 aromatic rings. The zero-order valence-corrected chi connectivity index (χ0v) is 12.6. The first-order valence-corrected chi connectivity index (χ1v) is 8.76. The highest BCUT2D eigenvalue weighted by Gasteiger charge is 2.52. The summed E-state index contributed by atoms with van der Waals surface area (Å²) in [5, 5.41) is 2.40. The molecule has 112 valence electrons. The number of sulfone groups is 1. The van der Waals surface area contributed by atoms with Crippen LogP contribution in [0, 0.1) is 0 Å². The fourth-order valence-corrected chi connectivity index (χ4v) is 4.83. The van der Waals surface area contributed by atoms with E-state index in [4.69, 9.17) is 4.84 Å². The second-order valence-electron chi connectivity index (χ2n) is 5.47. The topological polar surface area (TPSA) is 46.6 Å². The number of nitrogens with zero attached hydrogens (tertiary/aromatic N) is 1. The van der Waals surface area contributed by atoms with Crippen LogP contribution in [0.5, 0.6) is 0 Å². The molecule has 2 aliphatic heterocycles. The highest BCUT2D eigenvalue weighted by Crippen LogP contribution is 2.44. The molecule has 1 fully saturated rings. The molecule has 0 aliphatic carbocycles. The summed E-state index contributed by atoms with van der Waals surface area (Å²) in [5.74, 6) is 0. The number of rotatable bonds is 2. The van der Waals surface area contributed by atoms with Crippen LogP contribution >= 0.6 is 0 Å². The van der Waals surface area contributed by atoms with Crippen molar-refractivity contribution >= 4 is 15.5 Å². The van der Waals surface area contributed by atoms with Gasteiger partial charge in [0.05, 0.1) is 5.69 Å². The summed E-state index contributed by atoms with van der Waals surface area (Å²) in [7, 11) is -3.31.